The van der Waals surface area contributed by atoms with Gasteiger partial charge < -0.3 is 9.47 Å². The summed E-state index contributed by atoms with van der Waals surface area (Å²) >= 11 is 5.98. The topological polar surface area (TPSA) is 52.6 Å². The number of halogens is 1. The second kappa shape index (κ2) is 6.25. The summed E-state index contributed by atoms with van der Waals surface area (Å²) in [6, 6.07) is 3.10. The molecule has 0 amide bonds. The number of carbonyl (C=O) groups excluding carboxylic acids is 2. The molecule has 0 aliphatic heterocycles. The predicted octanol–water partition coefficient (Wildman–Crippen LogP) is 2.27. The van der Waals surface area contributed by atoms with Crippen molar-refractivity contribution in [1.29, 1.82) is 0 Å². The molecule has 0 aliphatic rings. The zero-order valence-corrected chi connectivity index (χ0v) is 10.4. The van der Waals surface area contributed by atoms with Gasteiger partial charge in [-0.15, -0.1) is 0 Å². The second-order valence-electron chi connectivity index (χ2n) is 3.25. The van der Waals surface area contributed by atoms with Crippen LogP contribution < -0.4 is 4.74 Å². The molecule has 0 aliphatic carbocycles. The van der Waals surface area contributed by atoms with Gasteiger partial charge in [0.15, 0.2) is 6.29 Å². The normalized spacial score (nSPS) is 9.82. The number of hydrogen-bond acceptors (Lipinski definition) is 4. The molecule has 17 heavy (non-hydrogen) atoms. The number of ether oxygens (including phenoxy) is 2. The molecule has 0 fully saturated rings. The van der Waals surface area contributed by atoms with E-state index in [9.17, 15) is 9.59 Å². The van der Waals surface area contributed by atoms with Crippen LogP contribution in [0.3, 0.4) is 0 Å². The minimum atomic E-state index is -0.407. The van der Waals surface area contributed by atoms with E-state index in [1.54, 1.807) is 19.1 Å². The number of rotatable bonds is 5. The molecule has 0 heterocycles. The Hall–Kier alpha value is -1.55. The molecule has 0 atom stereocenters. The monoisotopic (exact) mass is 256 g/mol. The minimum Gasteiger partial charge on any atom is -0.496 e. The standard InChI is InChI=1S/C12H13ClO4/c1-3-17-11(15)6-9-10(13)5-4-8(7-14)12(9)16-2/h4-5,7H,3,6H2,1-2H3. The van der Waals surface area contributed by atoms with Crippen molar-refractivity contribution in [2.45, 2.75) is 13.3 Å². The lowest BCUT2D eigenvalue weighted by molar-refractivity contribution is -0.142. The van der Waals surface area contributed by atoms with Crippen molar-refractivity contribution in [3.8, 4) is 5.75 Å². The number of aldehydes is 1. The lowest BCUT2D eigenvalue weighted by Crippen LogP contribution is -2.09. The van der Waals surface area contributed by atoms with Crippen LogP contribution in [0.5, 0.6) is 5.75 Å². The molecule has 1 rings (SSSR count). The van der Waals surface area contributed by atoms with E-state index in [0.717, 1.165) is 0 Å². The van der Waals surface area contributed by atoms with E-state index >= 15 is 0 Å². The Bertz CT molecular complexity index is 429. The Morgan fingerprint density at radius 1 is 1.47 bits per heavy atom. The molecule has 0 N–H and O–H groups in total. The van der Waals surface area contributed by atoms with Crippen LogP contribution in [0.1, 0.15) is 22.8 Å². The molecule has 0 unspecified atom stereocenters. The second-order valence-corrected chi connectivity index (χ2v) is 3.66. The van der Waals surface area contributed by atoms with Crippen LogP contribution in [0, 0.1) is 0 Å². The molecule has 5 heteroatoms. The van der Waals surface area contributed by atoms with Gasteiger partial charge >= 0.3 is 5.97 Å². The highest BCUT2D eigenvalue weighted by Gasteiger charge is 2.16. The van der Waals surface area contributed by atoms with Gasteiger partial charge in [0.2, 0.25) is 0 Å². The molecule has 0 saturated heterocycles. The molecule has 0 bridgehead atoms. The first-order valence-corrected chi connectivity index (χ1v) is 5.48. The van der Waals surface area contributed by atoms with Gasteiger partial charge in [-0.2, -0.15) is 0 Å². The maximum atomic E-state index is 11.4. The largest absolute Gasteiger partial charge is 0.496 e. The van der Waals surface area contributed by atoms with Crippen molar-refractivity contribution >= 4 is 23.9 Å². The fourth-order valence-corrected chi connectivity index (χ4v) is 1.69. The lowest BCUT2D eigenvalue weighted by Gasteiger charge is -2.11. The van der Waals surface area contributed by atoms with Crippen LogP contribution >= 0.6 is 11.6 Å². The fourth-order valence-electron chi connectivity index (χ4n) is 1.48. The van der Waals surface area contributed by atoms with Crippen LogP contribution in [0.4, 0.5) is 0 Å². The van der Waals surface area contributed by atoms with E-state index in [1.807, 2.05) is 0 Å². The first-order chi connectivity index (χ1) is 8.13. The zero-order valence-electron chi connectivity index (χ0n) is 9.66. The van der Waals surface area contributed by atoms with Gasteiger partial charge in [-0.1, -0.05) is 11.6 Å². The Morgan fingerprint density at radius 3 is 2.71 bits per heavy atom. The highest BCUT2D eigenvalue weighted by Crippen LogP contribution is 2.30. The number of benzene rings is 1. The Balaban J connectivity index is 3.11. The van der Waals surface area contributed by atoms with Gasteiger partial charge in [0.1, 0.15) is 5.75 Å². The van der Waals surface area contributed by atoms with Crippen molar-refractivity contribution in [2.75, 3.05) is 13.7 Å². The number of methoxy groups -OCH3 is 1. The van der Waals surface area contributed by atoms with Crippen molar-refractivity contribution < 1.29 is 19.1 Å². The summed E-state index contributed by atoms with van der Waals surface area (Å²) in [5, 5.41) is 0.375. The maximum Gasteiger partial charge on any atom is 0.310 e. The molecule has 0 spiro atoms. The van der Waals surface area contributed by atoms with Gasteiger partial charge in [0.05, 0.1) is 25.7 Å². The van der Waals surface area contributed by atoms with Gasteiger partial charge in [0, 0.05) is 10.6 Å². The summed E-state index contributed by atoms with van der Waals surface area (Å²) in [6.45, 7) is 2.02. The first kappa shape index (κ1) is 13.5. The SMILES string of the molecule is CCOC(=O)Cc1c(Cl)ccc(C=O)c1OC. The molecule has 1 aromatic rings. The molecule has 0 radical (unpaired) electrons. The summed E-state index contributed by atoms with van der Waals surface area (Å²) < 4.78 is 9.94. The number of carbonyl (C=O) groups is 2. The zero-order chi connectivity index (χ0) is 12.8. The Morgan fingerprint density at radius 2 is 2.18 bits per heavy atom. The number of hydrogen-bond donors (Lipinski definition) is 0. The fraction of sp³-hybridized carbons (Fsp3) is 0.333. The third-order valence-corrected chi connectivity index (χ3v) is 2.55. The smallest absolute Gasteiger partial charge is 0.310 e. The van der Waals surface area contributed by atoms with Gasteiger partial charge in [0.25, 0.3) is 0 Å². The van der Waals surface area contributed by atoms with E-state index in [4.69, 9.17) is 21.1 Å². The van der Waals surface area contributed by atoms with Crippen molar-refractivity contribution in [2.24, 2.45) is 0 Å². The molecule has 1 aromatic carbocycles. The summed E-state index contributed by atoms with van der Waals surface area (Å²) in [5.74, 6) is -0.0868. The van der Waals surface area contributed by atoms with Crippen LogP contribution in [0.25, 0.3) is 0 Å². The summed E-state index contributed by atoms with van der Waals surface area (Å²) in [5.41, 5.74) is 0.827. The third kappa shape index (κ3) is 3.20. The van der Waals surface area contributed by atoms with E-state index in [2.05, 4.69) is 0 Å². The van der Waals surface area contributed by atoms with Gasteiger partial charge in [-0.3, -0.25) is 9.59 Å². The molecule has 0 saturated carbocycles. The van der Waals surface area contributed by atoms with Crippen molar-refractivity contribution in [1.82, 2.24) is 0 Å². The molecular weight excluding hydrogens is 244 g/mol. The van der Waals surface area contributed by atoms with E-state index < -0.39 is 5.97 Å². The predicted molar refractivity (Wildman–Crippen MR) is 63.7 cm³/mol. The van der Waals surface area contributed by atoms with Gasteiger partial charge in [-0.05, 0) is 19.1 Å². The quantitative estimate of drug-likeness (QED) is 0.599. The van der Waals surface area contributed by atoms with Crippen molar-refractivity contribution in [3.63, 3.8) is 0 Å². The average Bonchev–Trinajstić information content (AvgIpc) is 2.31. The van der Waals surface area contributed by atoms with E-state index in [1.165, 1.54) is 7.11 Å². The summed E-state index contributed by atoms with van der Waals surface area (Å²) in [7, 11) is 1.42. The van der Waals surface area contributed by atoms with Crippen LogP contribution in [-0.2, 0) is 16.0 Å². The van der Waals surface area contributed by atoms with Gasteiger partial charge in [-0.25, -0.2) is 0 Å². The van der Waals surface area contributed by atoms with E-state index in [-0.39, 0.29) is 6.42 Å². The number of esters is 1. The molecule has 92 valence electrons. The maximum absolute atomic E-state index is 11.4. The van der Waals surface area contributed by atoms with E-state index in [0.29, 0.717) is 34.8 Å². The third-order valence-electron chi connectivity index (χ3n) is 2.19. The Kier molecular flexibility index (Phi) is 4.97. The highest BCUT2D eigenvalue weighted by molar-refractivity contribution is 6.31. The average molecular weight is 257 g/mol. The first-order valence-electron chi connectivity index (χ1n) is 5.10. The minimum absolute atomic E-state index is 0.0163. The summed E-state index contributed by atoms with van der Waals surface area (Å²) in [4.78, 5) is 22.2. The molecule has 0 aromatic heterocycles. The van der Waals surface area contributed by atoms with Crippen LogP contribution in [0.15, 0.2) is 12.1 Å². The Labute approximate surface area is 104 Å². The lowest BCUT2D eigenvalue weighted by atomic mass is 10.1. The summed E-state index contributed by atoms with van der Waals surface area (Å²) in [6.07, 6.45) is 0.640. The highest BCUT2D eigenvalue weighted by atomic mass is 35.5. The molecular formula is C12H13ClO4. The van der Waals surface area contributed by atoms with Crippen LogP contribution in [0.2, 0.25) is 5.02 Å². The van der Waals surface area contributed by atoms with Crippen LogP contribution in [-0.4, -0.2) is 26.0 Å². The van der Waals surface area contributed by atoms with Crippen molar-refractivity contribution in [3.05, 3.63) is 28.3 Å². The molecule has 4 nitrogen and oxygen atoms in total.